The molecule has 0 aliphatic carbocycles. The Bertz CT molecular complexity index is 794. The number of aromatic nitrogens is 1. The fourth-order valence-corrected chi connectivity index (χ4v) is 2.56. The number of hydrazone groups is 1. The summed E-state index contributed by atoms with van der Waals surface area (Å²) in [6.45, 7) is 6.29. The number of hydrogen-bond acceptors (Lipinski definition) is 7. The molecule has 1 heterocycles. The fourth-order valence-electron chi connectivity index (χ4n) is 2.01. The molecule has 2 aromatic rings. The van der Waals surface area contributed by atoms with Crippen molar-refractivity contribution in [2.45, 2.75) is 26.9 Å². The molecule has 1 aromatic heterocycles. The van der Waals surface area contributed by atoms with Crippen LogP contribution in [-0.2, 0) is 0 Å². The second-order valence-corrected chi connectivity index (χ2v) is 6.31. The average molecular weight is 423 g/mol. The number of pyridine rings is 1. The zero-order chi connectivity index (χ0) is 19.1. The standard InChI is InChI=1S/C17H19BrN4O4/c1-4-25-15-8-12(7-14(18)17(15)26-11(2)3)9-20-21-16-6-5-13(10-19-16)22(23)24/h5-11H,4H2,1-3H3,(H,19,21)/b20-9+. The van der Waals surface area contributed by atoms with Gasteiger partial charge in [0.15, 0.2) is 11.5 Å². The molecule has 0 unspecified atom stereocenters. The van der Waals surface area contributed by atoms with Crippen molar-refractivity contribution in [2.24, 2.45) is 5.10 Å². The molecule has 26 heavy (non-hydrogen) atoms. The van der Waals surface area contributed by atoms with Gasteiger partial charge in [-0.25, -0.2) is 4.98 Å². The summed E-state index contributed by atoms with van der Waals surface area (Å²) in [6, 6.07) is 6.51. The lowest BCUT2D eigenvalue weighted by Gasteiger charge is -2.16. The number of nitro groups is 1. The summed E-state index contributed by atoms with van der Waals surface area (Å²) in [6.07, 6.45) is 2.77. The van der Waals surface area contributed by atoms with Crippen LogP contribution in [0.2, 0.25) is 0 Å². The molecular formula is C17H19BrN4O4. The molecule has 0 atom stereocenters. The van der Waals surface area contributed by atoms with Gasteiger partial charge in [-0.1, -0.05) is 0 Å². The molecule has 0 saturated carbocycles. The molecule has 0 saturated heterocycles. The highest BCUT2D eigenvalue weighted by atomic mass is 79.9. The first-order valence-corrected chi connectivity index (χ1v) is 8.72. The van der Waals surface area contributed by atoms with Crippen LogP contribution in [0.5, 0.6) is 11.5 Å². The Morgan fingerprint density at radius 2 is 2.19 bits per heavy atom. The van der Waals surface area contributed by atoms with E-state index in [1.54, 1.807) is 6.21 Å². The van der Waals surface area contributed by atoms with E-state index in [1.807, 2.05) is 32.9 Å². The molecular weight excluding hydrogens is 404 g/mol. The number of nitrogens with zero attached hydrogens (tertiary/aromatic N) is 3. The third-order valence-electron chi connectivity index (χ3n) is 3.04. The maximum Gasteiger partial charge on any atom is 0.287 e. The van der Waals surface area contributed by atoms with E-state index in [9.17, 15) is 10.1 Å². The Morgan fingerprint density at radius 3 is 2.77 bits per heavy atom. The molecule has 138 valence electrons. The lowest BCUT2D eigenvalue weighted by atomic mass is 10.2. The highest BCUT2D eigenvalue weighted by Gasteiger charge is 2.13. The van der Waals surface area contributed by atoms with Gasteiger partial charge < -0.3 is 9.47 Å². The number of halogens is 1. The summed E-state index contributed by atoms with van der Waals surface area (Å²) >= 11 is 3.49. The topological polar surface area (TPSA) is 98.9 Å². The molecule has 0 aliphatic heterocycles. The van der Waals surface area contributed by atoms with Crippen LogP contribution in [-0.4, -0.2) is 28.8 Å². The van der Waals surface area contributed by atoms with E-state index >= 15 is 0 Å². The summed E-state index contributed by atoms with van der Waals surface area (Å²) in [5.41, 5.74) is 3.43. The molecule has 0 fully saturated rings. The molecule has 2 rings (SSSR count). The van der Waals surface area contributed by atoms with E-state index in [0.29, 0.717) is 23.9 Å². The maximum atomic E-state index is 10.6. The SMILES string of the molecule is CCOc1cc(/C=N/Nc2ccc([N+](=O)[O-])cn2)cc(Br)c1OC(C)C. The summed E-state index contributed by atoms with van der Waals surface area (Å²) in [5.74, 6) is 1.66. The van der Waals surface area contributed by atoms with E-state index in [0.717, 1.165) is 10.0 Å². The van der Waals surface area contributed by atoms with Crippen molar-refractivity contribution in [3.05, 3.63) is 50.6 Å². The highest BCUT2D eigenvalue weighted by Crippen LogP contribution is 2.37. The minimum atomic E-state index is -0.506. The Balaban J connectivity index is 2.15. The summed E-state index contributed by atoms with van der Waals surface area (Å²) in [5, 5.41) is 14.7. The first kappa shape index (κ1) is 19.6. The number of rotatable bonds is 8. The first-order valence-electron chi connectivity index (χ1n) is 7.93. The molecule has 0 spiro atoms. The maximum absolute atomic E-state index is 10.6. The molecule has 1 N–H and O–H groups in total. The number of anilines is 1. The van der Waals surface area contributed by atoms with Crippen molar-refractivity contribution in [1.29, 1.82) is 0 Å². The predicted octanol–water partition coefficient (Wildman–Crippen LogP) is 4.38. The monoisotopic (exact) mass is 422 g/mol. The van der Waals surface area contributed by atoms with Gasteiger partial charge in [0, 0.05) is 6.07 Å². The van der Waals surface area contributed by atoms with E-state index in [2.05, 4.69) is 31.4 Å². The Labute approximate surface area is 159 Å². The van der Waals surface area contributed by atoms with Crippen molar-refractivity contribution in [1.82, 2.24) is 4.98 Å². The van der Waals surface area contributed by atoms with Crippen LogP contribution >= 0.6 is 15.9 Å². The molecule has 0 aliphatic rings. The third kappa shape index (κ3) is 5.41. The Kier molecular flexibility index (Phi) is 6.90. The summed E-state index contributed by atoms with van der Waals surface area (Å²) in [4.78, 5) is 14.0. The first-order chi connectivity index (χ1) is 12.4. The fraction of sp³-hybridized carbons (Fsp3) is 0.294. The number of hydrogen-bond donors (Lipinski definition) is 1. The lowest BCUT2D eigenvalue weighted by Crippen LogP contribution is -2.08. The lowest BCUT2D eigenvalue weighted by molar-refractivity contribution is -0.385. The summed E-state index contributed by atoms with van der Waals surface area (Å²) < 4.78 is 12.2. The van der Waals surface area contributed by atoms with Crippen LogP contribution in [0.15, 0.2) is 40.0 Å². The average Bonchev–Trinajstić information content (AvgIpc) is 2.58. The van der Waals surface area contributed by atoms with Gasteiger partial charge >= 0.3 is 0 Å². The number of ether oxygens (including phenoxy) is 2. The van der Waals surface area contributed by atoms with Gasteiger partial charge in [-0.15, -0.1) is 0 Å². The van der Waals surface area contributed by atoms with E-state index < -0.39 is 4.92 Å². The minimum Gasteiger partial charge on any atom is -0.490 e. The molecule has 0 amide bonds. The van der Waals surface area contributed by atoms with Crippen LogP contribution in [0.3, 0.4) is 0 Å². The second kappa shape index (κ2) is 9.14. The van der Waals surface area contributed by atoms with Gasteiger partial charge in [0.25, 0.3) is 5.69 Å². The quantitative estimate of drug-likeness (QED) is 0.384. The van der Waals surface area contributed by atoms with Gasteiger partial charge in [-0.05, 0) is 60.5 Å². The molecule has 9 heteroatoms. The molecule has 1 aromatic carbocycles. The van der Waals surface area contributed by atoms with Crippen molar-refractivity contribution in [2.75, 3.05) is 12.0 Å². The summed E-state index contributed by atoms with van der Waals surface area (Å²) in [7, 11) is 0. The van der Waals surface area contributed by atoms with E-state index in [1.165, 1.54) is 18.3 Å². The van der Waals surface area contributed by atoms with Crippen LogP contribution in [0, 0.1) is 10.1 Å². The zero-order valence-corrected chi connectivity index (χ0v) is 16.2. The van der Waals surface area contributed by atoms with Crippen LogP contribution < -0.4 is 14.9 Å². The van der Waals surface area contributed by atoms with Crippen LogP contribution in [0.25, 0.3) is 0 Å². The van der Waals surface area contributed by atoms with Crippen molar-refractivity contribution in [3.63, 3.8) is 0 Å². The van der Waals surface area contributed by atoms with E-state index in [-0.39, 0.29) is 11.8 Å². The smallest absolute Gasteiger partial charge is 0.287 e. The normalized spacial score (nSPS) is 11.0. The van der Waals surface area contributed by atoms with Gasteiger partial charge in [0.05, 0.1) is 28.3 Å². The zero-order valence-electron chi connectivity index (χ0n) is 14.6. The van der Waals surface area contributed by atoms with Gasteiger partial charge in [0.2, 0.25) is 0 Å². The second-order valence-electron chi connectivity index (χ2n) is 5.46. The molecule has 0 radical (unpaired) electrons. The van der Waals surface area contributed by atoms with Gasteiger partial charge in [-0.2, -0.15) is 5.10 Å². The Hall–Kier alpha value is -2.68. The van der Waals surface area contributed by atoms with Crippen LogP contribution in [0.4, 0.5) is 11.5 Å². The van der Waals surface area contributed by atoms with Gasteiger partial charge in [0.1, 0.15) is 12.0 Å². The third-order valence-corrected chi connectivity index (χ3v) is 3.63. The predicted molar refractivity (Wildman–Crippen MR) is 103 cm³/mol. The van der Waals surface area contributed by atoms with Crippen molar-refractivity contribution in [3.8, 4) is 11.5 Å². The number of benzene rings is 1. The molecule has 8 nitrogen and oxygen atoms in total. The van der Waals surface area contributed by atoms with Crippen molar-refractivity contribution < 1.29 is 14.4 Å². The number of nitrogens with one attached hydrogen (secondary N) is 1. The minimum absolute atomic E-state index is 0.0138. The Morgan fingerprint density at radius 1 is 1.42 bits per heavy atom. The largest absolute Gasteiger partial charge is 0.490 e. The van der Waals surface area contributed by atoms with Crippen LogP contribution in [0.1, 0.15) is 26.3 Å². The van der Waals surface area contributed by atoms with E-state index in [4.69, 9.17) is 9.47 Å². The molecule has 0 bridgehead atoms. The van der Waals surface area contributed by atoms with Gasteiger partial charge in [-0.3, -0.25) is 15.5 Å². The highest BCUT2D eigenvalue weighted by molar-refractivity contribution is 9.10. The van der Waals surface area contributed by atoms with Crippen molar-refractivity contribution >= 4 is 33.6 Å².